The van der Waals surface area contributed by atoms with Crippen LogP contribution >= 0.6 is 0 Å². The monoisotopic (exact) mass is 409 g/mol. The number of ether oxygens (including phenoxy) is 1. The number of ketones is 1. The fraction of sp³-hybridized carbons (Fsp3) is 0.409. The molecule has 2 heterocycles. The van der Waals surface area contributed by atoms with Crippen molar-refractivity contribution in [2.24, 2.45) is 0 Å². The van der Waals surface area contributed by atoms with Gasteiger partial charge in [0.1, 0.15) is 11.5 Å². The van der Waals surface area contributed by atoms with Gasteiger partial charge in [0.2, 0.25) is 0 Å². The standard InChI is InChI=1S/C22H27N5O3/c1-3-7-19-20(11-10-18(16(2)28)22(19)29)30-13-5-4-9-21-24-26-27(25-21)15-17-8-6-12-23-14-17/h6,8,10-12,14,29H,3-5,7,9,13,15H2,1-2H3. The first-order chi connectivity index (χ1) is 14.6. The van der Waals surface area contributed by atoms with Crippen molar-refractivity contribution in [1.29, 1.82) is 0 Å². The van der Waals surface area contributed by atoms with E-state index in [4.69, 9.17) is 4.74 Å². The number of tetrazole rings is 1. The Balaban J connectivity index is 1.47. The summed E-state index contributed by atoms with van der Waals surface area (Å²) in [6.45, 7) is 4.54. The zero-order valence-corrected chi connectivity index (χ0v) is 17.4. The largest absolute Gasteiger partial charge is 0.507 e. The van der Waals surface area contributed by atoms with Gasteiger partial charge in [-0.25, -0.2) is 0 Å². The third-order valence-corrected chi connectivity index (χ3v) is 4.71. The predicted octanol–water partition coefficient (Wildman–Crippen LogP) is 3.38. The van der Waals surface area contributed by atoms with Gasteiger partial charge in [-0.05, 0) is 55.2 Å². The first-order valence-electron chi connectivity index (χ1n) is 10.2. The maximum atomic E-state index is 11.6. The lowest BCUT2D eigenvalue weighted by atomic mass is 10.0. The van der Waals surface area contributed by atoms with Gasteiger partial charge >= 0.3 is 0 Å². The van der Waals surface area contributed by atoms with Gasteiger partial charge < -0.3 is 9.84 Å². The summed E-state index contributed by atoms with van der Waals surface area (Å²) in [5.74, 6) is 1.23. The number of benzene rings is 1. The van der Waals surface area contributed by atoms with Crippen LogP contribution in [0, 0.1) is 0 Å². The molecule has 3 aromatic rings. The Morgan fingerprint density at radius 2 is 2.07 bits per heavy atom. The summed E-state index contributed by atoms with van der Waals surface area (Å²) in [6.07, 6.45) is 7.42. The number of aromatic nitrogens is 5. The molecule has 8 heteroatoms. The van der Waals surface area contributed by atoms with Crippen molar-refractivity contribution in [3.63, 3.8) is 0 Å². The second-order valence-electron chi connectivity index (χ2n) is 7.15. The molecule has 30 heavy (non-hydrogen) atoms. The average molecular weight is 409 g/mol. The normalized spacial score (nSPS) is 10.9. The molecule has 2 aromatic heterocycles. The van der Waals surface area contributed by atoms with Crippen LogP contribution in [-0.4, -0.2) is 42.7 Å². The molecule has 0 saturated carbocycles. The highest BCUT2D eigenvalue weighted by molar-refractivity contribution is 5.97. The third kappa shape index (κ3) is 5.62. The van der Waals surface area contributed by atoms with E-state index >= 15 is 0 Å². The van der Waals surface area contributed by atoms with Gasteiger partial charge in [-0.2, -0.15) is 4.80 Å². The Kier molecular flexibility index (Phi) is 7.48. The SMILES string of the molecule is CCCc1c(OCCCCc2nnn(Cc3cccnc3)n2)ccc(C(C)=O)c1O. The number of rotatable bonds is 11. The first-order valence-corrected chi connectivity index (χ1v) is 10.2. The lowest BCUT2D eigenvalue weighted by molar-refractivity contribution is 0.101. The number of aromatic hydroxyl groups is 1. The molecule has 8 nitrogen and oxygen atoms in total. The van der Waals surface area contributed by atoms with Crippen molar-refractivity contribution in [3.8, 4) is 11.5 Å². The lowest BCUT2D eigenvalue weighted by Crippen LogP contribution is -2.05. The zero-order valence-electron chi connectivity index (χ0n) is 17.4. The zero-order chi connectivity index (χ0) is 21.3. The Morgan fingerprint density at radius 1 is 1.20 bits per heavy atom. The second kappa shape index (κ2) is 10.5. The number of unbranched alkanes of at least 4 members (excludes halogenated alkanes) is 1. The van der Waals surface area contributed by atoms with E-state index in [-0.39, 0.29) is 11.5 Å². The molecule has 1 N–H and O–H groups in total. The van der Waals surface area contributed by atoms with E-state index in [9.17, 15) is 9.90 Å². The van der Waals surface area contributed by atoms with Gasteiger partial charge in [-0.1, -0.05) is 19.4 Å². The topological polar surface area (TPSA) is 103 Å². The number of phenolic OH excluding ortho intramolecular Hbond substituents is 1. The molecule has 0 spiro atoms. The summed E-state index contributed by atoms with van der Waals surface area (Å²) in [5.41, 5.74) is 2.06. The minimum Gasteiger partial charge on any atom is -0.507 e. The molecule has 0 aliphatic heterocycles. The Morgan fingerprint density at radius 3 is 2.80 bits per heavy atom. The maximum absolute atomic E-state index is 11.6. The summed E-state index contributed by atoms with van der Waals surface area (Å²) in [5, 5.41) is 23.0. The molecule has 0 atom stereocenters. The molecular formula is C22H27N5O3. The molecule has 0 aliphatic carbocycles. The van der Waals surface area contributed by atoms with Crippen molar-refractivity contribution in [2.45, 2.75) is 52.5 Å². The van der Waals surface area contributed by atoms with Gasteiger partial charge in [0, 0.05) is 24.4 Å². The Hall–Kier alpha value is -3.29. The van der Waals surface area contributed by atoms with Crippen LogP contribution in [0.25, 0.3) is 0 Å². The smallest absolute Gasteiger partial charge is 0.174 e. The first kappa shape index (κ1) is 21.4. The van der Waals surface area contributed by atoms with Gasteiger partial charge in [0.15, 0.2) is 11.6 Å². The van der Waals surface area contributed by atoms with Crippen molar-refractivity contribution < 1.29 is 14.6 Å². The highest BCUT2D eigenvalue weighted by Crippen LogP contribution is 2.33. The molecule has 0 aliphatic rings. The van der Waals surface area contributed by atoms with Gasteiger partial charge in [-0.15, -0.1) is 10.2 Å². The van der Waals surface area contributed by atoms with Gasteiger partial charge in [0.25, 0.3) is 0 Å². The van der Waals surface area contributed by atoms with Gasteiger partial charge in [0.05, 0.1) is 18.7 Å². The summed E-state index contributed by atoms with van der Waals surface area (Å²) < 4.78 is 5.89. The highest BCUT2D eigenvalue weighted by Gasteiger charge is 2.15. The van der Waals surface area contributed by atoms with Crippen LogP contribution in [-0.2, 0) is 19.4 Å². The lowest BCUT2D eigenvalue weighted by Gasteiger charge is -2.14. The molecule has 3 rings (SSSR count). The predicted molar refractivity (Wildman–Crippen MR) is 112 cm³/mol. The summed E-state index contributed by atoms with van der Waals surface area (Å²) in [4.78, 5) is 17.3. The molecular weight excluding hydrogens is 382 g/mol. The molecule has 158 valence electrons. The number of pyridine rings is 1. The minimum absolute atomic E-state index is 0.0382. The number of carbonyl (C=O) groups excluding carboxylic acids is 1. The van der Waals surface area contributed by atoms with Gasteiger partial charge in [-0.3, -0.25) is 9.78 Å². The number of hydrogen-bond acceptors (Lipinski definition) is 7. The summed E-state index contributed by atoms with van der Waals surface area (Å²) in [7, 11) is 0. The van der Waals surface area contributed by atoms with Crippen LogP contribution < -0.4 is 4.74 Å². The highest BCUT2D eigenvalue weighted by atomic mass is 16.5. The summed E-state index contributed by atoms with van der Waals surface area (Å²) >= 11 is 0. The Labute approximate surface area is 175 Å². The molecule has 0 amide bonds. The molecule has 1 aromatic carbocycles. The van der Waals surface area contributed by atoms with E-state index in [0.29, 0.717) is 48.7 Å². The van der Waals surface area contributed by atoms with E-state index in [1.807, 2.05) is 19.1 Å². The molecule has 0 saturated heterocycles. The maximum Gasteiger partial charge on any atom is 0.174 e. The number of hydrogen-bond donors (Lipinski definition) is 1. The summed E-state index contributed by atoms with van der Waals surface area (Å²) in [6, 6.07) is 7.25. The number of Topliss-reactive ketones (excluding diaryl/α,β-unsaturated/α-hetero) is 1. The van der Waals surface area contributed by atoms with Crippen LogP contribution in [0.1, 0.15) is 60.4 Å². The van der Waals surface area contributed by atoms with Crippen LogP contribution in [0.3, 0.4) is 0 Å². The molecule has 0 bridgehead atoms. The van der Waals surface area contributed by atoms with Crippen LogP contribution in [0.2, 0.25) is 0 Å². The van der Waals surface area contributed by atoms with Crippen molar-refractivity contribution in [2.75, 3.05) is 6.61 Å². The van der Waals surface area contributed by atoms with Crippen molar-refractivity contribution in [1.82, 2.24) is 25.2 Å². The fourth-order valence-corrected chi connectivity index (χ4v) is 3.19. The third-order valence-electron chi connectivity index (χ3n) is 4.71. The van der Waals surface area contributed by atoms with Crippen molar-refractivity contribution in [3.05, 3.63) is 59.2 Å². The van der Waals surface area contributed by atoms with Crippen molar-refractivity contribution >= 4 is 5.78 Å². The number of phenols is 1. The second-order valence-corrected chi connectivity index (χ2v) is 7.15. The Bertz CT molecular complexity index is 972. The number of aryl methyl sites for hydroxylation is 1. The van der Waals surface area contributed by atoms with E-state index in [1.54, 1.807) is 29.3 Å². The average Bonchev–Trinajstić information content (AvgIpc) is 3.17. The van der Waals surface area contributed by atoms with E-state index in [2.05, 4.69) is 20.4 Å². The molecule has 0 radical (unpaired) electrons. The molecule has 0 fully saturated rings. The van der Waals surface area contributed by atoms with E-state index in [1.165, 1.54) is 6.92 Å². The molecule has 0 unspecified atom stereocenters. The number of nitrogens with zero attached hydrogens (tertiary/aromatic N) is 5. The van der Waals surface area contributed by atoms with E-state index < -0.39 is 0 Å². The van der Waals surface area contributed by atoms with E-state index in [0.717, 1.165) is 24.8 Å². The number of carbonyl (C=O) groups is 1. The fourth-order valence-electron chi connectivity index (χ4n) is 3.19. The minimum atomic E-state index is -0.152. The van der Waals surface area contributed by atoms with Crippen LogP contribution in [0.4, 0.5) is 0 Å². The van der Waals surface area contributed by atoms with Crippen LogP contribution in [0.15, 0.2) is 36.7 Å². The van der Waals surface area contributed by atoms with Crippen LogP contribution in [0.5, 0.6) is 11.5 Å². The quantitative estimate of drug-likeness (QED) is 0.382.